The van der Waals surface area contributed by atoms with E-state index in [2.05, 4.69) is 10.6 Å². The molecule has 3 N–H and O–H groups in total. The number of carbonyl (C=O) groups is 1. The molecule has 0 aliphatic heterocycles. The van der Waals surface area contributed by atoms with Gasteiger partial charge in [-0.1, -0.05) is 19.3 Å². The molecule has 1 aromatic carbocycles. The minimum Gasteiger partial charge on any atom is -0.388 e. The maximum Gasteiger partial charge on any atom is 0.319 e. The number of anilines is 1. The molecule has 0 bridgehead atoms. The largest absolute Gasteiger partial charge is 0.388 e. The number of aliphatic hydroxyl groups is 1. The van der Waals surface area contributed by atoms with Crippen LogP contribution in [0, 0.1) is 17.1 Å². The molecule has 112 valence electrons. The van der Waals surface area contributed by atoms with E-state index < -0.39 is 17.4 Å². The van der Waals surface area contributed by atoms with E-state index in [0.717, 1.165) is 25.3 Å². The first-order valence-electron chi connectivity index (χ1n) is 6.99. The minimum atomic E-state index is -0.851. The van der Waals surface area contributed by atoms with Gasteiger partial charge in [0.25, 0.3) is 0 Å². The summed E-state index contributed by atoms with van der Waals surface area (Å²) in [4.78, 5) is 11.8. The fourth-order valence-corrected chi connectivity index (χ4v) is 2.52. The molecule has 0 radical (unpaired) electrons. The van der Waals surface area contributed by atoms with Crippen molar-refractivity contribution in [3.05, 3.63) is 29.6 Å². The standard InChI is InChI=1S/C15H18FN3O2/c16-12-4-5-13(11(8-12)9-17)19-14(20)18-10-15(21)6-2-1-3-7-15/h4-5,8,21H,1-3,6-7,10H2,(H2,18,19,20). The topological polar surface area (TPSA) is 85.2 Å². The fraction of sp³-hybridized carbons (Fsp3) is 0.467. The van der Waals surface area contributed by atoms with Crippen molar-refractivity contribution >= 4 is 11.7 Å². The molecule has 0 spiro atoms. The first-order chi connectivity index (χ1) is 10.0. The summed E-state index contributed by atoms with van der Waals surface area (Å²) in [5, 5.41) is 24.3. The molecular weight excluding hydrogens is 273 g/mol. The van der Waals surface area contributed by atoms with E-state index in [0.29, 0.717) is 12.8 Å². The zero-order valence-corrected chi connectivity index (χ0v) is 11.7. The normalized spacial score (nSPS) is 16.8. The van der Waals surface area contributed by atoms with Crippen LogP contribution in [0.1, 0.15) is 37.7 Å². The van der Waals surface area contributed by atoms with Crippen molar-refractivity contribution in [3.8, 4) is 6.07 Å². The molecule has 0 aromatic heterocycles. The number of benzene rings is 1. The zero-order chi connectivity index (χ0) is 15.3. The van der Waals surface area contributed by atoms with E-state index >= 15 is 0 Å². The van der Waals surface area contributed by atoms with E-state index in [-0.39, 0.29) is 17.8 Å². The monoisotopic (exact) mass is 291 g/mol. The van der Waals surface area contributed by atoms with Gasteiger partial charge in [-0.25, -0.2) is 9.18 Å². The number of hydrogen-bond acceptors (Lipinski definition) is 3. The number of amides is 2. The number of rotatable bonds is 3. The Hall–Kier alpha value is -2.13. The molecule has 0 unspecified atom stereocenters. The van der Waals surface area contributed by atoms with Gasteiger partial charge in [0.2, 0.25) is 0 Å². The van der Waals surface area contributed by atoms with Gasteiger partial charge in [0.15, 0.2) is 0 Å². The number of halogens is 1. The Bertz CT molecular complexity index is 563. The fourth-order valence-electron chi connectivity index (χ4n) is 2.52. The molecule has 1 aromatic rings. The van der Waals surface area contributed by atoms with Gasteiger partial charge in [0.1, 0.15) is 11.9 Å². The zero-order valence-electron chi connectivity index (χ0n) is 11.7. The van der Waals surface area contributed by atoms with Gasteiger partial charge >= 0.3 is 6.03 Å². The average molecular weight is 291 g/mol. The number of nitrogens with one attached hydrogen (secondary N) is 2. The maximum atomic E-state index is 13.0. The van der Waals surface area contributed by atoms with Crippen LogP contribution in [0.5, 0.6) is 0 Å². The van der Waals surface area contributed by atoms with Crippen LogP contribution < -0.4 is 10.6 Å². The highest BCUT2D eigenvalue weighted by molar-refractivity contribution is 5.90. The van der Waals surface area contributed by atoms with Crippen LogP contribution >= 0.6 is 0 Å². The minimum absolute atomic E-state index is 0.0570. The summed E-state index contributed by atoms with van der Waals surface area (Å²) in [6.45, 7) is 0.169. The molecule has 1 aliphatic carbocycles. The maximum absolute atomic E-state index is 13.0. The third-order valence-electron chi connectivity index (χ3n) is 3.71. The van der Waals surface area contributed by atoms with Crippen LogP contribution in [0.25, 0.3) is 0 Å². The summed E-state index contributed by atoms with van der Waals surface area (Å²) in [7, 11) is 0. The smallest absolute Gasteiger partial charge is 0.319 e. The van der Waals surface area contributed by atoms with Gasteiger partial charge in [0, 0.05) is 6.54 Å². The van der Waals surface area contributed by atoms with E-state index in [9.17, 15) is 14.3 Å². The van der Waals surface area contributed by atoms with Crippen molar-refractivity contribution in [2.24, 2.45) is 0 Å². The van der Waals surface area contributed by atoms with Gasteiger partial charge in [-0.05, 0) is 31.0 Å². The lowest BCUT2D eigenvalue weighted by Crippen LogP contribution is -2.45. The molecule has 1 saturated carbocycles. The lowest BCUT2D eigenvalue weighted by Gasteiger charge is -2.32. The first kappa shape index (κ1) is 15.3. The molecule has 5 nitrogen and oxygen atoms in total. The van der Waals surface area contributed by atoms with Crippen molar-refractivity contribution < 1.29 is 14.3 Å². The Balaban J connectivity index is 1.92. The quantitative estimate of drug-likeness (QED) is 0.800. The summed E-state index contributed by atoms with van der Waals surface area (Å²) >= 11 is 0. The Morgan fingerprint density at radius 3 is 2.76 bits per heavy atom. The molecule has 1 fully saturated rings. The molecule has 0 atom stereocenters. The molecule has 6 heteroatoms. The number of nitrogens with zero attached hydrogens (tertiary/aromatic N) is 1. The van der Waals surface area contributed by atoms with Crippen molar-refractivity contribution in [1.82, 2.24) is 5.32 Å². The summed E-state index contributed by atoms with van der Waals surface area (Å²) in [6.07, 6.45) is 4.36. The molecule has 0 heterocycles. The summed E-state index contributed by atoms with van der Waals surface area (Å²) in [6, 6.07) is 4.87. The van der Waals surface area contributed by atoms with Crippen LogP contribution in [-0.2, 0) is 0 Å². The molecule has 1 aliphatic rings. The van der Waals surface area contributed by atoms with E-state index in [1.54, 1.807) is 0 Å². The van der Waals surface area contributed by atoms with Crippen LogP contribution in [0.4, 0.5) is 14.9 Å². The Morgan fingerprint density at radius 1 is 1.38 bits per heavy atom. The number of nitriles is 1. The summed E-state index contributed by atoms with van der Waals surface area (Å²) in [5.74, 6) is -0.533. The first-order valence-corrected chi connectivity index (χ1v) is 6.99. The van der Waals surface area contributed by atoms with Gasteiger partial charge in [-0.3, -0.25) is 0 Å². The molecule has 0 saturated heterocycles. The van der Waals surface area contributed by atoms with Crippen LogP contribution in [-0.4, -0.2) is 23.3 Å². The van der Waals surface area contributed by atoms with Crippen molar-refractivity contribution in [3.63, 3.8) is 0 Å². The number of hydrogen-bond donors (Lipinski definition) is 3. The molecule has 21 heavy (non-hydrogen) atoms. The molecule has 2 amide bonds. The van der Waals surface area contributed by atoms with E-state index in [1.165, 1.54) is 12.1 Å². The van der Waals surface area contributed by atoms with Gasteiger partial charge in [0.05, 0.1) is 16.9 Å². The third-order valence-corrected chi connectivity index (χ3v) is 3.71. The van der Waals surface area contributed by atoms with Crippen LogP contribution in [0.3, 0.4) is 0 Å². The van der Waals surface area contributed by atoms with Crippen LogP contribution in [0.15, 0.2) is 18.2 Å². The third kappa shape index (κ3) is 4.17. The second-order valence-corrected chi connectivity index (χ2v) is 5.39. The number of carbonyl (C=O) groups excluding carboxylic acids is 1. The van der Waals surface area contributed by atoms with E-state index in [1.807, 2.05) is 6.07 Å². The van der Waals surface area contributed by atoms with Gasteiger partial charge in [-0.2, -0.15) is 5.26 Å². The Kier molecular flexibility index (Phi) is 4.76. The lowest BCUT2D eigenvalue weighted by molar-refractivity contribution is 0.00755. The summed E-state index contributed by atoms with van der Waals surface area (Å²) < 4.78 is 13.0. The van der Waals surface area contributed by atoms with E-state index in [4.69, 9.17) is 5.26 Å². The van der Waals surface area contributed by atoms with Crippen molar-refractivity contribution in [2.75, 3.05) is 11.9 Å². The van der Waals surface area contributed by atoms with Crippen molar-refractivity contribution in [1.29, 1.82) is 5.26 Å². The Labute approximate surface area is 122 Å². The second kappa shape index (κ2) is 6.55. The molecular formula is C15H18FN3O2. The van der Waals surface area contributed by atoms with Gasteiger partial charge in [-0.15, -0.1) is 0 Å². The predicted octanol–water partition coefficient (Wildman–Crippen LogP) is 2.51. The highest BCUT2D eigenvalue weighted by atomic mass is 19.1. The average Bonchev–Trinajstić information content (AvgIpc) is 2.48. The summed E-state index contributed by atoms with van der Waals surface area (Å²) in [5.41, 5.74) is -0.551. The SMILES string of the molecule is N#Cc1cc(F)ccc1NC(=O)NCC1(O)CCCCC1. The Morgan fingerprint density at radius 2 is 2.10 bits per heavy atom. The van der Waals surface area contributed by atoms with Crippen LogP contribution in [0.2, 0.25) is 0 Å². The second-order valence-electron chi connectivity index (χ2n) is 5.39. The molecule has 2 rings (SSSR count). The van der Waals surface area contributed by atoms with Gasteiger partial charge < -0.3 is 15.7 Å². The predicted molar refractivity (Wildman–Crippen MR) is 76.2 cm³/mol. The van der Waals surface area contributed by atoms with Crippen molar-refractivity contribution in [2.45, 2.75) is 37.7 Å². The lowest BCUT2D eigenvalue weighted by atomic mass is 9.85. The number of urea groups is 1. The highest BCUT2D eigenvalue weighted by Gasteiger charge is 2.29. The highest BCUT2D eigenvalue weighted by Crippen LogP contribution is 2.27.